The molecule has 0 spiro atoms. The number of rotatable bonds is 8. The summed E-state index contributed by atoms with van der Waals surface area (Å²) >= 11 is 0. The van der Waals surface area contributed by atoms with Gasteiger partial charge in [0, 0.05) is 31.7 Å². The lowest BCUT2D eigenvalue weighted by atomic mass is 10.0. The molecule has 0 unspecified atom stereocenters. The van der Waals surface area contributed by atoms with E-state index >= 15 is 0 Å². The van der Waals surface area contributed by atoms with Gasteiger partial charge in [0.25, 0.3) is 0 Å². The van der Waals surface area contributed by atoms with Crippen LogP contribution < -0.4 is 14.4 Å². The fraction of sp³-hybridized carbons (Fsp3) is 0.417. The minimum atomic E-state index is -3.92. The molecule has 10 heteroatoms. The second kappa shape index (κ2) is 10.5. The quantitative estimate of drug-likeness (QED) is 0.571. The molecule has 1 N–H and O–H groups in total. The Kier molecular flexibility index (Phi) is 7.93. The number of sulfonamides is 1. The van der Waals surface area contributed by atoms with Gasteiger partial charge < -0.3 is 14.5 Å². The van der Waals surface area contributed by atoms with Crippen molar-refractivity contribution in [3.8, 4) is 5.75 Å². The van der Waals surface area contributed by atoms with E-state index in [0.717, 1.165) is 0 Å². The van der Waals surface area contributed by atoms with Crippen LogP contribution in [-0.2, 0) is 14.8 Å². The first-order chi connectivity index (χ1) is 16.0. The number of Topliss-reactive ketones (excluding diaryl/α,β-unsaturated/α-hetero) is 1. The molecule has 0 bridgehead atoms. The molecule has 34 heavy (non-hydrogen) atoms. The molecule has 1 aliphatic rings. The van der Waals surface area contributed by atoms with E-state index in [0.29, 0.717) is 43.2 Å². The van der Waals surface area contributed by atoms with Crippen molar-refractivity contribution in [1.82, 2.24) is 9.62 Å². The van der Waals surface area contributed by atoms with E-state index in [1.165, 1.54) is 32.2 Å². The summed E-state index contributed by atoms with van der Waals surface area (Å²) in [6.07, 6.45) is 0. The lowest BCUT2D eigenvalue weighted by Crippen LogP contribution is -2.56. The van der Waals surface area contributed by atoms with Crippen molar-refractivity contribution in [2.45, 2.75) is 31.7 Å². The standard InChI is InChI=1S/C24H30FN3O5S/c1-16(2)23(26-34(31,32)20-8-6-19(33-4)7-9-20)24(30)28-13-11-27(12-14-28)22-10-5-18(17(3)29)15-21(22)25/h5-10,15-16,23,26H,11-14H2,1-4H3/t23-/m0/s1. The van der Waals surface area contributed by atoms with Crippen molar-refractivity contribution in [2.75, 3.05) is 38.2 Å². The van der Waals surface area contributed by atoms with Gasteiger partial charge in [-0.25, -0.2) is 12.8 Å². The molecule has 1 saturated heterocycles. The van der Waals surface area contributed by atoms with Crippen LogP contribution in [0.1, 0.15) is 31.1 Å². The lowest BCUT2D eigenvalue weighted by molar-refractivity contribution is -0.134. The van der Waals surface area contributed by atoms with Gasteiger partial charge in [0.15, 0.2) is 5.78 Å². The van der Waals surface area contributed by atoms with Crippen LogP contribution in [-0.4, -0.2) is 64.3 Å². The second-order valence-corrected chi connectivity index (χ2v) is 10.3. The molecule has 1 aliphatic heterocycles. The highest BCUT2D eigenvalue weighted by Crippen LogP contribution is 2.23. The van der Waals surface area contributed by atoms with Gasteiger partial charge in [-0.05, 0) is 55.3 Å². The van der Waals surface area contributed by atoms with Crippen molar-refractivity contribution in [2.24, 2.45) is 5.92 Å². The van der Waals surface area contributed by atoms with Crippen molar-refractivity contribution in [1.29, 1.82) is 0 Å². The number of methoxy groups -OCH3 is 1. The molecule has 0 saturated carbocycles. The maximum absolute atomic E-state index is 14.5. The number of ether oxygens (including phenoxy) is 1. The Hall–Kier alpha value is -2.98. The van der Waals surface area contributed by atoms with E-state index in [4.69, 9.17) is 4.74 Å². The first-order valence-electron chi connectivity index (χ1n) is 11.0. The van der Waals surface area contributed by atoms with Gasteiger partial charge in [-0.2, -0.15) is 4.72 Å². The average molecular weight is 492 g/mol. The zero-order valence-corrected chi connectivity index (χ0v) is 20.6. The molecular weight excluding hydrogens is 461 g/mol. The molecule has 1 heterocycles. The highest BCUT2D eigenvalue weighted by molar-refractivity contribution is 7.89. The average Bonchev–Trinajstić information content (AvgIpc) is 2.82. The number of nitrogens with one attached hydrogen (secondary N) is 1. The van der Waals surface area contributed by atoms with E-state index in [-0.39, 0.29) is 22.5 Å². The number of carbonyl (C=O) groups is 2. The van der Waals surface area contributed by atoms with E-state index in [1.54, 1.807) is 43.0 Å². The van der Waals surface area contributed by atoms with Crippen LogP contribution >= 0.6 is 0 Å². The Morgan fingerprint density at radius 1 is 1.03 bits per heavy atom. The number of hydrogen-bond acceptors (Lipinski definition) is 6. The molecule has 0 aromatic heterocycles. The van der Waals surface area contributed by atoms with Gasteiger partial charge in [0.1, 0.15) is 17.6 Å². The van der Waals surface area contributed by atoms with Crippen LogP contribution in [0.15, 0.2) is 47.4 Å². The van der Waals surface area contributed by atoms with Gasteiger partial charge in [-0.1, -0.05) is 13.8 Å². The number of hydrogen-bond donors (Lipinski definition) is 1. The number of piperazine rings is 1. The van der Waals surface area contributed by atoms with E-state index in [2.05, 4.69) is 4.72 Å². The number of nitrogens with zero attached hydrogens (tertiary/aromatic N) is 2. The number of amides is 1. The topological polar surface area (TPSA) is 96.0 Å². The Labute approximate surface area is 199 Å². The molecule has 0 aliphatic carbocycles. The van der Waals surface area contributed by atoms with E-state index in [9.17, 15) is 22.4 Å². The Morgan fingerprint density at radius 2 is 1.65 bits per heavy atom. The van der Waals surface area contributed by atoms with Crippen molar-refractivity contribution in [3.05, 3.63) is 53.8 Å². The molecule has 3 rings (SSSR count). The van der Waals surface area contributed by atoms with Crippen molar-refractivity contribution < 1.29 is 27.1 Å². The predicted molar refractivity (Wildman–Crippen MR) is 127 cm³/mol. The van der Waals surface area contributed by atoms with Crippen LogP contribution in [0.2, 0.25) is 0 Å². The largest absolute Gasteiger partial charge is 0.497 e. The monoisotopic (exact) mass is 491 g/mol. The SMILES string of the molecule is COc1ccc(S(=O)(=O)N[C@H](C(=O)N2CCN(c3ccc(C(C)=O)cc3F)CC2)C(C)C)cc1. The van der Waals surface area contributed by atoms with Crippen LogP contribution in [0.5, 0.6) is 5.75 Å². The van der Waals surface area contributed by atoms with E-state index in [1.807, 2.05) is 4.90 Å². The zero-order valence-electron chi connectivity index (χ0n) is 19.7. The first kappa shape index (κ1) is 25.6. The van der Waals surface area contributed by atoms with Gasteiger partial charge >= 0.3 is 0 Å². The Balaban J connectivity index is 1.68. The lowest BCUT2D eigenvalue weighted by Gasteiger charge is -2.38. The minimum absolute atomic E-state index is 0.0426. The van der Waals surface area contributed by atoms with Gasteiger partial charge in [0.05, 0.1) is 17.7 Å². The maximum Gasteiger partial charge on any atom is 0.241 e. The fourth-order valence-electron chi connectivity index (χ4n) is 3.81. The van der Waals surface area contributed by atoms with Crippen LogP contribution in [0.3, 0.4) is 0 Å². The molecule has 2 aromatic carbocycles. The first-order valence-corrected chi connectivity index (χ1v) is 12.5. The third kappa shape index (κ3) is 5.74. The summed E-state index contributed by atoms with van der Waals surface area (Å²) in [5.74, 6) is -0.771. The smallest absolute Gasteiger partial charge is 0.241 e. The third-order valence-electron chi connectivity index (χ3n) is 5.87. The van der Waals surface area contributed by atoms with Crippen LogP contribution in [0.4, 0.5) is 10.1 Å². The second-order valence-electron chi connectivity index (χ2n) is 8.55. The number of anilines is 1. The number of halogens is 1. The highest BCUT2D eigenvalue weighted by atomic mass is 32.2. The predicted octanol–water partition coefficient (Wildman–Crippen LogP) is 2.69. The van der Waals surface area contributed by atoms with E-state index < -0.39 is 21.9 Å². The molecule has 184 valence electrons. The molecule has 0 radical (unpaired) electrons. The Bertz CT molecular complexity index is 1140. The third-order valence-corrected chi connectivity index (χ3v) is 7.33. The molecule has 8 nitrogen and oxygen atoms in total. The molecule has 1 atom stereocenters. The molecular formula is C24H30FN3O5S. The van der Waals surface area contributed by atoms with Crippen LogP contribution in [0, 0.1) is 11.7 Å². The number of carbonyl (C=O) groups excluding carboxylic acids is 2. The zero-order chi connectivity index (χ0) is 25.0. The highest BCUT2D eigenvalue weighted by Gasteiger charge is 2.33. The van der Waals surface area contributed by atoms with Crippen LogP contribution in [0.25, 0.3) is 0 Å². The minimum Gasteiger partial charge on any atom is -0.497 e. The summed E-state index contributed by atoms with van der Waals surface area (Å²) in [7, 11) is -2.43. The molecule has 1 amide bonds. The number of ketones is 1. The van der Waals surface area contributed by atoms with Gasteiger partial charge in [-0.15, -0.1) is 0 Å². The number of benzene rings is 2. The van der Waals surface area contributed by atoms with Gasteiger partial charge in [-0.3, -0.25) is 9.59 Å². The maximum atomic E-state index is 14.5. The fourth-order valence-corrected chi connectivity index (χ4v) is 5.15. The summed E-state index contributed by atoms with van der Waals surface area (Å²) in [6, 6.07) is 9.37. The summed E-state index contributed by atoms with van der Waals surface area (Å²) in [5, 5.41) is 0. The van der Waals surface area contributed by atoms with Crippen molar-refractivity contribution >= 4 is 27.4 Å². The van der Waals surface area contributed by atoms with Crippen molar-refractivity contribution in [3.63, 3.8) is 0 Å². The summed E-state index contributed by atoms with van der Waals surface area (Å²) < 4.78 is 47.9. The normalized spacial score (nSPS) is 15.4. The van der Waals surface area contributed by atoms with Gasteiger partial charge in [0.2, 0.25) is 15.9 Å². The summed E-state index contributed by atoms with van der Waals surface area (Å²) in [6.45, 7) is 6.35. The molecule has 2 aromatic rings. The Morgan fingerprint density at radius 3 is 2.15 bits per heavy atom. The summed E-state index contributed by atoms with van der Waals surface area (Å²) in [4.78, 5) is 28.1. The summed E-state index contributed by atoms with van der Waals surface area (Å²) in [5.41, 5.74) is 0.677. The molecule has 1 fully saturated rings.